The second-order valence-corrected chi connectivity index (χ2v) is 7.79. The van der Waals surface area contributed by atoms with Crippen molar-refractivity contribution in [2.75, 3.05) is 18.8 Å². The molecule has 0 aromatic heterocycles. The summed E-state index contributed by atoms with van der Waals surface area (Å²) in [6.45, 7) is 6.42. The van der Waals surface area contributed by atoms with E-state index in [2.05, 4.69) is 0 Å². The molecule has 0 amide bonds. The summed E-state index contributed by atoms with van der Waals surface area (Å²) >= 11 is 0. The third-order valence-corrected chi connectivity index (χ3v) is 5.55. The number of rotatable bonds is 2. The highest BCUT2D eigenvalue weighted by Crippen LogP contribution is 2.34. The monoisotopic (exact) mass is 286 g/mol. The molecule has 4 nitrogen and oxygen atoms in total. The van der Waals surface area contributed by atoms with Gasteiger partial charge in [0.2, 0.25) is 10.0 Å². The predicted molar refractivity (Wildman–Crippen MR) is 72.7 cm³/mol. The molecule has 1 heterocycles. The number of anilines is 1. The molecule has 1 aromatic rings. The molecule has 106 valence electrons. The van der Waals surface area contributed by atoms with Crippen LogP contribution in [0.2, 0.25) is 0 Å². The van der Waals surface area contributed by atoms with Crippen LogP contribution in [0.15, 0.2) is 17.0 Å². The minimum absolute atomic E-state index is 0.0253. The molecule has 2 N–H and O–H groups in total. The van der Waals surface area contributed by atoms with Gasteiger partial charge in [-0.05, 0) is 30.9 Å². The fourth-order valence-corrected chi connectivity index (χ4v) is 4.25. The highest BCUT2D eigenvalue weighted by molar-refractivity contribution is 7.89. The standard InChI is InChI=1S/C13H19FN2O2S/c1-9-11(14)6-10(15)7-12(9)19(17,18)16-5-4-13(2,3)8-16/h6-7H,4-5,8,15H2,1-3H3. The lowest BCUT2D eigenvalue weighted by molar-refractivity contribution is 0.375. The largest absolute Gasteiger partial charge is 0.399 e. The van der Waals surface area contributed by atoms with E-state index < -0.39 is 15.8 Å². The van der Waals surface area contributed by atoms with Crippen molar-refractivity contribution in [2.24, 2.45) is 5.41 Å². The van der Waals surface area contributed by atoms with E-state index in [1.807, 2.05) is 13.8 Å². The van der Waals surface area contributed by atoms with Crippen molar-refractivity contribution in [2.45, 2.75) is 32.1 Å². The van der Waals surface area contributed by atoms with E-state index >= 15 is 0 Å². The van der Waals surface area contributed by atoms with Gasteiger partial charge in [-0.3, -0.25) is 0 Å². The first kappa shape index (κ1) is 14.3. The molecule has 0 radical (unpaired) electrons. The molecule has 0 unspecified atom stereocenters. The van der Waals surface area contributed by atoms with Gasteiger partial charge >= 0.3 is 0 Å². The molecule has 1 saturated heterocycles. The molecule has 0 bridgehead atoms. The van der Waals surface area contributed by atoms with Crippen molar-refractivity contribution in [3.63, 3.8) is 0 Å². The molecule has 1 aliphatic heterocycles. The van der Waals surface area contributed by atoms with Gasteiger partial charge in [0.05, 0.1) is 4.90 Å². The fourth-order valence-electron chi connectivity index (χ4n) is 2.35. The Morgan fingerprint density at radius 1 is 1.37 bits per heavy atom. The number of sulfonamides is 1. The summed E-state index contributed by atoms with van der Waals surface area (Å²) in [6, 6.07) is 2.47. The summed E-state index contributed by atoms with van der Waals surface area (Å²) in [7, 11) is -3.67. The number of hydrogen-bond donors (Lipinski definition) is 1. The normalized spacial score (nSPS) is 19.8. The van der Waals surface area contributed by atoms with Crippen LogP contribution in [0.25, 0.3) is 0 Å². The third-order valence-electron chi connectivity index (χ3n) is 3.58. The van der Waals surface area contributed by atoms with Crippen LogP contribution in [0.4, 0.5) is 10.1 Å². The maximum absolute atomic E-state index is 13.6. The number of hydrogen-bond acceptors (Lipinski definition) is 3. The lowest BCUT2D eigenvalue weighted by Gasteiger charge is -2.21. The Kier molecular flexibility index (Phi) is 3.35. The SMILES string of the molecule is Cc1c(F)cc(N)cc1S(=O)(=O)N1CCC(C)(C)C1. The minimum Gasteiger partial charge on any atom is -0.399 e. The predicted octanol–water partition coefficient (Wildman–Crippen LogP) is 2.14. The van der Waals surface area contributed by atoms with E-state index in [0.717, 1.165) is 12.5 Å². The Balaban J connectivity index is 2.47. The summed E-state index contributed by atoms with van der Waals surface area (Å²) in [5.74, 6) is -0.586. The van der Waals surface area contributed by atoms with Crippen LogP contribution >= 0.6 is 0 Å². The zero-order chi connectivity index (χ0) is 14.4. The minimum atomic E-state index is -3.67. The first-order valence-electron chi connectivity index (χ1n) is 6.19. The lowest BCUT2D eigenvalue weighted by Crippen LogP contribution is -2.31. The van der Waals surface area contributed by atoms with Gasteiger partial charge in [-0.25, -0.2) is 12.8 Å². The fraction of sp³-hybridized carbons (Fsp3) is 0.538. The van der Waals surface area contributed by atoms with E-state index in [0.29, 0.717) is 13.1 Å². The molecule has 6 heteroatoms. The van der Waals surface area contributed by atoms with Crippen molar-refractivity contribution >= 4 is 15.7 Å². The van der Waals surface area contributed by atoms with E-state index in [4.69, 9.17) is 5.73 Å². The van der Waals surface area contributed by atoms with Gasteiger partial charge in [0.15, 0.2) is 0 Å². The van der Waals surface area contributed by atoms with Crippen LogP contribution in [0.3, 0.4) is 0 Å². The summed E-state index contributed by atoms with van der Waals surface area (Å²) < 4.78 is 40.2. The van der Waals surface area contributed by atoms with Crippen LogP contribution in [-0.4, -0.2) is 25.8 Å². The molecule has 0 atom stereocenters. The number of benzene rings is 1. The van der Waals surface area contributed by atoms with E-state index in [1.165, 1.54) is 17.3 Å². The zero-order valence-corrected chi connectivity index (χ0v) is 12.2. The topological polar surface area (TPSA) is 63.4 Å². The quantitative estimate of drug-likeness (QED) is 0.847. The lowest BCUT2D eigenvalue weighted by atomic mass is 9.93. The van der Waals surface area contributed by atoms with Crippen molar-refractivity contribution in [3.05, 3.63) is 23.5 Å². The maximum atomic E-state index is 13.6. The smallest absolute Gasteiger partial charge is 0.243 e. The maximum Gasteiger partial charge on any atom is 0.243 e. The van der Waals surface area contributed by atoms with Crippen molar-refractivity contribution in [1.82, 2.24) is 4.31 Å². The summed E-state index contributed by atoms with van der Waals surface area (Å²) in [5, 5.41) is 0. The molecular weight excluding hydrogens is 267 g/mol. The van der Waals surface area contributed by atoms with Crippen molar-refractivity contribution in [3.8, 4) is 0 Å². The number of nitrogens with zero attached hydrogens (tertiary/aromatic N) is 1. The summed E-state index contributed by atoms with van der Waals surface area (Å²) in [6.07, 6.45) is 0.802. The van der Waals surface area contributed by atoms with Gasteiger partial charge in [-0.15, -0.1) is 0 Å². The average Bonchev–Trinajstić information content (AvgIpc) is 2.64. The van der Waals surface area contributed by atoms with Gasteiger partial charge in [0.1, 0.15) is 5.82 Å². The van der Waals surface area contributed by atoms with Crippen molar-refractivity contribution < 1.29 is 12.8 Å². The molecule has 0 spiro atoms. The third kappa shape index (κ3) is 2.60. The molecule has 0 aliphatic carbocycles. The van der Waals surface area contributed by atoms with Crippen LogP contribution in [0, 0.1) is 18.2 Å². The first-order chi connectivity index (χ1) is 8.63. The van der Waals surface area contributed by atoms with Gasteiger partial charge in [0.25, 0.3) is 0 Å². The number of nitrogen functional groups attached to an aromatic ring is 1. The molecule has 2 rings (SSSR count). The highest BCUT2D eigenvalue weighted by atomic mass is 32.2. The molecule has 0 saturated carbocycles. The second-order valence-electron chi connectivity index (χ2n) is 5.88. The Morgan fingerprint density at radius 2 is 2.00 bits per heavy atom. The van der Waals surface area contributed by atoms with Crippen LogP contribution < -0.4 is 5.73 Å². The molecule has 1 aliphatic rings. The Hall–Kier alpha value is -1.14. The van der Waals surface area contributed by atoms with Gasteiger partial charge in [-0.1, -0.05) is 13.8 Å². The Bertz CT molecular complexity index is 611. The van der Waals surface area contributed by atoms with Crippen molar-refractivity contribution in [1.29, 1.82) is 0 Å². The average molecular weight is 286 g/mol. The highest BCUT2D eigenvalue weighted by Gasteiger charge is 2.37. The van der Waals surface area contributed by atoms with Crippen LogP contribution in [-0.2, 0) is 10.0 Å². The first-order valence-corrected chi connectivity index (χ1v) is 7.63. The van der Waals surface area contributed by atoms with Gasteiger partial charge in [0, 0.05) is 24.3 Å². The van der Waals surface area contributed by atoms with Crippen LogP contribution in [0.5, 0.6) is 0 Å². The number of nitrogens with two attached hydrogens (primary N) is 1. The van der Waals surface area contributed by atoms with E-state index in [9.17, 15) is 12.8 Å². The van der Waals surface area contributed by atoms with Gasteiger partial charge in [-0.2, -0.15) is 4.31 Å². The second kappa shape index (κ2) is 4.45. The summed E-state index contributed by atoms with van der Waals surface area (Å²) in [4.78, 5) is -0.0253. The van der Waals surface area contributed by atoms with E-state index in [1.54, 1.807) is 0 Å². The van der Waals surface area contributed by atoms with E-state index in [-0.39, 0.29) is 21.6 Å². The zero-order valence-electron chi connectivity index (χ0n) is 11.4. The molecule has 1 fully saturated rings. The molecule has 1 aromatic carbocycles. The molecular formula is C13H19FN2O2S. The Morgan fingerprint density at radius 3 is 2.53 bits per heavy atom. The summed E-state index contributed by atoms with van der Waals surface area (Å²) in [5.41, 5.74) is 5.76. The van der Waals surface area contributed by atoms with Crippen LogP contribution in [0.1, 0.15) is 25.8 Å². The number of halogens is 1. The van der Waals surface area contributed by atoms with Gasteiger partial charge < -0.3 is 5.73 Å². The molecule has 19 heavy (non-hydrogen) atoms. The Labute approximate surface area is 113 Å².